The fourth-order valence-electron chi connectivity index (χ4n) is 2.88. The third-order valence-corrected chi connectivity index (χ3v) is 5.89. The van der Waals surface area contributed by atoms with Crippen LogP contribution >= 0.6 is 0 Å². The van der Waals surface area contributed by atoms with Crippen LogP contribution < -0.4 is 4.90 Å². The lowest BCUT2D eigenvalue weighted by molar-refractivity contribution is 0.476. The zero-order chi connectivity index (χ0) is 16.4. The van der Waals surface area contributed by atoms with E-state index in [0.29, 0.717) is 11.8 Å². The summed E-state index contributed by atoms with van der Waals surface area (Å²) in [6.45, 7) is 5.35. The molecule has 0 amide bonds. The van der Waals surface area contributed by atoms with Crippen LogP contribution in [0.25, 0.3) is 0 Å². The normalized spacial score (nSPS) is 15.8. The smallest absolute Gasteiger partial charge is 0.236 e. The van der Waals surface area contributed by atoms with Gasteiger partial charge in [0.15, 0.2) is 5.89 Å². The van der Waals surface area contributed by atoms with Gasteiger partial charge in [-0.1, -0.05) is 19.1 Å². The van der Waals surface area contributed by atoms with Crippen molar-refractivity contribution in [2.24, 2.45) is 0 Å². The molecule has 0 spiro atoms. The molecule has 0 atom stereocenters. The summed E-state index contributed by atoms with van der Waals surface area (Å²) in [5.74, 6) is 0.774. The number of aromatic nitrogens is 1. The highest BCUT2D eigenvalue weighted by molar-refractivity contribution is 7.91. The first kappa shape index (κ1) is 16.1. The van der Waals surface area contributed by atoms with Crippen molar-refractivity contribution in [1.82, 2.24) is 4.98 Å². The molecule has 0 saturated carbocycles. The molecule has 1 fully saturated rings. The van der Waals surface area contributed by atoms with Gasteiger partial charge in [0.1, 0.15) is 0 Å². The molecule has 1 aromatic heterocycles. The maximum Gasteiger partial charge on any atom is 0.236 e. The number of hydrogen-bond acceptors (Lipinski definition) is 5. The van der Waals surface area contributed by atoms with Crippen LogP contribution in [0, 0.1) is 6.92 Å². The molecule has 0 unspecified atom stereocenters. The molecule has 1 saturated heterocycles. The largest absolute Gasteiger partial charge is 0.424 e. The second kappa shape index (κ2) is 6.35. The van der Waals surface area contributed by atoms with Crippen molar-refractivity contribution in [2.45, 2.75) is 49.5 Å². The van der Waals surface area contributed by atoms with Crippen LogP contribution in [0.15, 0.2) is 38.6 Å². The Labute approximate surface area is 137 Å². The number of rotatable bonds is 4. The van der Waals surface area contributed by atoms with Crippen molar-refractivity contribution in [3.8, 4) is 0 Å². The van der Waals surface area contributed by atoms with Crippen molar-refractivity contribution in [3.05, 3.63) is 35.7 Å². The van der Waals surface area contributed by atoms with Crippen LogP contribution in [0.4, 0.5) is 5.88 Å². The number of piperidine rings is 1. The summed E-state index contributed by atoms with van der Waals surface area (Å²) in [7, 11) is -3.67. The minimum atomic E-state index is -3.67. The lowest BCUT2D eigenvalue weighted by Gasteiger charge is -2.26. The summed E-state index contributed by atoms with van der Waals surface area (Å²) >= 11 is 0. The average Bonchev–Trinajstić information content (AvgIpc) is 2.98. The first-order chi connectivity index (χ1) is 11.0. The molecule has 23 heavy (non-hydrogen) atoms. The van der Waals surface area contributed by atoms with E-state index in [1.54, 1.807) is 19.1 Å². The van der Waals surface area contributed by atoms with E-state index in [0.717, 1.165) is 37.9 Å². The van der Waals surface area contributed by atoms with Gasteiger partial charge in [0, 0.05) is 20.0 Å². The highest BCUT2D eigenvalue weighted by atomic mass is 32.2. The Hall–Kier alpha value is -1.82. The standard InChI is InChI=1S/C17H22N2O3S/c1-3-14-7-9-15(10-8-14)23(20,21)16-17(22-13(2)18-16)19-11-5-4-6-12-19/h7-10H,3-6,11-12H2,1-2H3. The highest BCUT2D eigenvalue weighted by Gasteiger charge is 2.30. The zero-order valence-electron chi connectivity index (χ0n) is 13.6. The van der Waals surface area contributed by atoms with Gasteiger partial charge in [-0.15, -0.1) is 0 Å². The van der Waals surface area contributed by atoms with E-state index in [1.165, 1.54) is 6.42 Å². The quantitative estimate of drug-likeness (QED) is 0.858. The third kappa shape index (κ3) is 3.13. The molecule has 5 nitrogen and oxygen atoms in total. The second-order valence-electron chi connectivity index (χ2n) is 5.89. The Morgan fingerprint density at radius 3 is 2.39 bits per heavy atom. The first-order valence-electron chi connectivity index (χ1n) is 8.09. The van der Waals surface area contributed by atoms with Gasteiger partial charge in [-0.25, -0.2) is 8.42 Å². The van der Waals surface area contributed by atoms with Crippen LogP contribution in [0.2, 0.25) is 0 Å². The van der Waals surface area contributed by atoms with E-state index in [4.69, 9.17) is 4.42 Å². The Morgan fingerprint density at radius 2 is 1.78 bits per heavy atom. The van der Waals surface area contributed by atoms with E-state index in [-0.39, 0.29) is 9.92 Å². The van der Waals surface area contributed by atoms with Crippen molar-refractivity contribution in [1.29, 1.82) is 0 Å². The summed E-state index contributed by atoms with van der Waals surface area (Å²) in [5, 5.41) is 0.0427. The molecule has 1 aliphatic heterocycles. The number of anilines is 1. The number of aryl methyl sites for hydroxylation is 2. The number of nitrogens with zero attached hydrogens (tertiary/aromatic N) is 2. The second-order valence-corrected chi connectivity index (χ2v) is 7.76. The molecule has 1 aromatic carbocycles. The van der Waals surface area contributed by atoms with Gasteiger partial charge in [0.2, 0.25) is 20.7 Å². The van der Waals surface area contributed by atoms with E-state index >= 15 is 0 Å². The lowest BCUT2D eigenvalue weighted by atomic mass is 10.1. The molecule has 0 aliphatic carbocycles. The van der Waals surface area contributed by atoms with Gasteiger partial charge in [0.25, 0.3) is 0 Å². The molecule has 1 aliphatic rings. The van der Waals surface area contributed by atoms with Crippen LogP contribution in [0.3, 0.4) is 0 Å². The maximum atomic E-state index is 13.0. The summed E-state index contributed by atoms with van der Waals surface area (Å²) in [4.78, 5) is 6.44. The topological polar surface area (TPSA) is 63.4 Å². The van der Waals surface area contributed by atoms with Gasteiger partial charge in [-0.2, -0.15) is 4.98 Å². The molecule has 0 radical (unpaired) electrons. The number of hydrogen-bond donors (Lipinski definition) is 0. The Kier molecular flexibility index (Phi) is 4.43. The van der Waals surface area contributed by atoms with Gasteiger partial charge in [-0.05, 0) is 43.4 Å². The first-order valence-corrected chi connectivity index (χ1v) is 9.57. The van der Waals surface area contributed by atoms with Crippen LogP contribution in [-0.4, -0.2) is 26.5 Å². The molecule has 2 heterocycles. The van der Waals surface area contributed by atoms with Crippen LogP contribution in [-0.2, 0) is 16.3 Å². The summed E-state index contributed by atoms with van der Waals surface area (Å²) < 4.78 is 31.6. The summed E-state index contributed by atoms with van der Waals surface area (Å²) in [5.41, 5.74) is 1.11. The number of sulfone groups is 1. The van der Waals surface area contributed by atoms with Crippen molar-refractivity contribution in [2.75, 3.05) is 18.0 Å². The fourth-order valence-corrected chi connectivity index (χ4v) is 4.25. The molecule has 3 rings (SSSR count). The molecular weight excluding hydrogens is 312 g/mol. The van der Waals surface area contributed by atoms with E-state index in [9.17, 15) is 8.42 Å². The van der Waals surface area contributed by atoms with Crippen molar-refractivity contribution < 1.29 is 12.8 Å². The maximum absolute atomic E-state index is 13.0. The zero-order valence-corrected chi connectivity index (χ0v) is 14.4. The van der Waals surface area contributed by atoms with Gasteiger partial charge in [-0.3, -0.25) is 0 Å². The van der Waals surface area contributed by atoms with E-state index in [2.05, 4.69) is 4.98 Å². The molecule has 124 valence electrons. The lowest BCUT2D eigenvalue weighted by Crippen LogP contribution is -2.30. The average molecular weight is 334 g/mol. The van der Waals surface area contributed by atoms with Crippen LogP contribution in [0.5, 0.6) is 0 Å². The minimum Gasteiger partial charge on any atom is -0.424 e. The summed E-state index contributed by atoms with van der Waals surface area (Å²) in [6.07, 6.45) is 4.14. The SMILES string of the molecule is CCc1ccc(S(=O)(=O)c2nc(C)oc2N2CCCCC2)cc1. The monoisotopic (exact) mass is 334 g/mol. The van der Waals surface area contributed by atoms with E-state index < -0.39 is 9.84 Å². The molecule has 0 bridgehead atoms. The Morgan fingerprint density at radius 1 is 1.13 bits per heavy atom. The molecule has 0 N–H and O–H groups in total. The fraction of sp³-hybridized carbons (Fsp3) is 0.471. The van der Waals surface area contributed by atoms with Gasteiger partial charge < -0.3 is 9.32 Å². The van der Waals surface area contributed by atoms with Crippen molar-refractivity contribution in [3.63, 3.8) is 0 Å². The van der Waals surface area contributed by atoms with Gasteiger partial charge >= 0.3 is 0 Å². The predicted octanol–water partition coefficient (Wildman–Crippen LogP) is 3.37. The predicted molar refractivity (Wildman–Crippen MR) is 88.6 cm³/mol. The minimum absolute atomic E-state index is 0.0427. The summed E-state index contributed by atoms with van der Waals surface area (Å²) in [6, 6.07) is 7.00. The molecule has 6 heteroatoms. The third-order valence-electron chi connectivity index (χ3n) is 4.23. The molecule has 2 aromatic rings. The highest BCUT2D eigenvalue weighted by Crippen LogP contribution is 2.32. The van der Waals surface area contributed by atoms with Crippen molar-refractivity contribution >= 4 is 15.7 Å². The Bertz CT molecular complexity index is 773. The van der Waals surface area contributed by atoms with Gasteiger partial charge in [0.05, 0.1) is 4.90 Å². The van der Waals surface area contributed by atoms with Crippen LogP contribution in [0.1, 0.15) is 37.6 Å². The number of benzene rings is 1. The van der Waals surface area contributed by atoms with E-state index in [1.807, 2.05) is 24.0 Å². The number of oxazole rings is 1. The molecular formula is C17H22N2O3S. The Balaban J connectivity index is 2.02.